The summed E-state index contributed by atoms with van der Waals surface area (Å²) in [5, 5.41) is 4.80. The molecule has 1 aliphatic rings. The van der Waals surface area contributed by atoms with E-state index in [2.05, 4.69) is 34.6 Å². The van der Waals surface area contributed by atoms with E-state index in [4.69, 9.17) is 0 Å². The van der Waals surface area contributed by atoms with E-state index < -0.39 is 0 Å². The Morgan fingerprint density at radius 2 is 2.20 bits per heavy atom. The Morgan fingerprint density at radius 1 is 1.20 bits per heavy atom. The number of H-pyrrole nitrogens is 1. The van der Waals surface area contributed by atoms with E-state index in [1.54, 1.807) is 0 Å². The van der Waals surface area contributed by atoms with E-state index in [1.807, 2.05) is 6.20 Å². The minimum atomic E-state index is 0.707. The molecular weight excluding hydrogens is 184 g/mol. The van der Waals surface area contributed by atoms with E-state index in [1.165, 1.54) is 35.9 Å². The minimum Gasteiger partial charge on any atom is -0.361 e. The van der Waals surface area contributed by atoms with Gasteiger partial charge in [0.1, 0.15) is 0 Å². The Bertz CT molecular complexity index is 452. The van der Waals surface area contributed by atoms with Gasteiger partial charge in [-0.25, -0.2) is 0 Å². The first-order valence-electron chi connectivity index (χ1n) is 5.71. The monoisotopic (exact) mass is 200 g/mol. The number of hydrogen-bond donors (Lipinski definition) is 2. The molecule has 2 heteroatoms. The zero-order valence-electron chi connectivity index (χ0n) is 8.79. The van der Waals surface area contributed by atoms with E-state index in [0.717, 1.165) is 6.54 Å². The number of rotatable bonds is 1. The topological polar surface area (TPSA) is 27.8 Å². The van der Waals surface area contributed by atoms with Crippen LogP contribution >= 0.6 is 0 Å². The first-order valence-corrected chi connectivity index (χ1v) is 5.71. The van der Waals surface area contributed by atoms with E-state index in [-0.39, 0.29) is 0 Å². The molecule has 2 aromatic rings. The van der Waals surface area contributed by atoms with Crippen LogP contribution in [0.15, 0.2) is 30.5 Å². The van der Waals surface area contributed by atoms with Gasteiger partial charge in [0, 0.05) is 18.3 Å². The summed E-state index contributed by atoms with van der Waals surface area (Å²) >= 11 is 0. The number of benzene rings is 1. The molecule has 0 spiro atoms. The molecule has 1 aromatic carbocycles. The average Bonchev–Trinajstić information content (AvgIpc) is 2.77. The predicted octanol–water partition coefficient (Wildman–Crippen LogP) is 2.63. The van der Waals surface area contributed by atoms with Crippen LogP contribution < -0.4 is 5.32 Å². The third kappa shape index (κ3) is 1.65. The molecule has 3 rings (SSSR count). The third-order valence-electron chi connectivity index (χ3n) is 3.35. The summed E-state index contributed by atoms with van der Waals surface area (Å²) in [5.41, 5.74) is 2.72. The molecule has 1 aliphatic heterocycles. The van der Waals surface area contributed by atoms with Gasteiger partial charge < -0.3 is 10.3 Å². The highest BCUT2D eigenvalue weighted by Gasteiger charge is 2.14. The van der Waals surface area contributed by atoms with Crippen molar-refractivity contribution in [3.8, 4) is 0 Å². The summed E-state index contributed by atoms with van der Waals surface area (Å²) in [4.78, 5) is 3.23. The quantitative estimate of drug-likeness (QED) is 0.727. The summed E-state index contributed by atoms with van der Waals surface area (Å²) < 4.78 is 0. The fraction of sp³-hybridized carbons (Fsp3) is 0.385. The maximum atomic E-state index is 3.47. The molecule has 1 atom stereocenters. The Hall–Kier alpha value is -1.28. The molecule has 2 heterocycles. The summed E-state index contributed by atoms with van der Waals surface area (Å²) in [5.74, 6) is 0.707. The summed E-state index contributed by atoms with van der Waals surface area (Å²) in [7, 11) is 0. The Morgan fingerprint density at radius 3 is 3.07 bits per heavy atom. The van der Waals surface area contributed by atoms with Crippen molar-refractivity contribution < 1.29 is 0 Å². The van der Waals surface area contributed by atoms with Crippen LogP contribution in [0.4, 0.5) is 0 Å². The molecule has 1 aromatic heterocycles. The summed E-state index contributed by atoms with van der Waals surface area (Å²) in [6, 6.07) is 8.92. The predicted molar refractivity (Wildman–Crippen MR) is 63.1 cm³/mol. The molecule has 0 radical (unpaired) electrons. The smallest absolute Gasteiger partial charge is 0.0454 e. The summed E-state index contributed by atoms with van der Waals surface area (Å²) in [6.07, 6.45) is 4.63. The fourth-order valence-corrected chi connectivity index (χ4v) is 2.46. The van der Waals surface area contributed by atoms with Crippen LogP contribution in [-0.4, -0.2) is 18.1 Å². The van der Waals surface area contributed by atoms with Crippen molar-refractivity contribution in [3.63, 3.8) is 0 Å². The lowest BCUT2D eigenvalue weighted by molar-refractivity contribution is 0.462. The molecular formula is C13H16N2. The van der Waals surface area contributed by atoms with Crippen molar-refractivity contribution in [1.29, 1.82) is 0 Å². The molecule has 0 saturated carbocycles. The highest BCUT2D eigenvalue weighted by atomic mass is 14.9. The van der Waals surface area contributed by atoms with Crippen LogP contribution in [0.1, 0.15) is 24.3 Å². The molecule has 0 bridgehead atoms. The van der Waals surface area contributed by atoms with Crippen LogP contribution in [0.2, 0.25) is 0 Å². The van der Waals surface area contributed by atoms with Gasteiger partial charge in [0.15, 0.2) is 0 Å². The SMILES string of the molecule is c1cc2cc([C@@H]3CCCNC3)ccc2[nH]1. The zero-order chi connectivity index (χ0) is 10.1. The highest BCUT2D eigenvalue weighted by Crippen LogP contribution is 2.25. The standard InChI is InChI=1S/C13H16N2/c1-2-12(9-14-6-1)10-3-4-13-11(8-10)5-7-15-13/h3-5,7-8,12,14-15H,1-2,6,9H2/t12-/m1/s1. The van der Waals surface area contributed by atoms with Gasteiger partial charge in [0.2, 0.25) is 0 Å². The van der Waals surface area contributed by atoms with Gasteiger partial charge in [-0.15, -0.1) is 0 Å². The highest BCUT2D eigenvalue weighted by molar-refractivity contribution is 5.80. The Labute approximate surface area is 89.7 Å². The molecule has 2 nitrogen and oxygen atoms in total. The van der Waals surface area contributed by atoms with Gasteiger partial charge in [-0.2, -0.15) is 0 Å². The van der Waals surface area contributed by atoms with Crippen molar-refractivity contribution in [2.24, 2.45) is 0 Å². The number of aromatic nitrogens is 1. The molecule has 78 valence electrons. The van der Waals surface area contributed by atoms with Gasteiger partial charge in [-0.3, -0.25) is 0 Å². The molecule has 0 amide bonds. The lowest BCUT2D eigenvalue weighted by Gasteiger charge is -2.23. The second-order valence-electron chi connectivity index (χ2n) is 4.37. The number of aromatic amines is 1. The second kappa shape index (κ2) is 3.70. The maximum absolute atomic E-state index is 3.47. The number of fused-ring (bicyclic) bond motifs is 1. The van der Waals surface area contributed by atoms with Gasteiger partial charge in [-0.05, 0) is 54.5 Å². The lowest BCUT2D eigenvalue weighted by Crippen LogP contribution is -2.28. The van der Waals surface area contributed by atoms with Gasteiger partial charge in [0.05, 0.1) is 0 Å². The normalized spacial score (nSPS) is 22.0. The van der Waals surface area contributed by atoms with Crippen LogP contribution in [0.25, 0.3) is 10.9 Å². The molecule has 15 heavy (non-hydrogen) atoms. The first kappa shape index (κ1) is 8.98. The van der Waals surface area contributed by atoms with Crippen molar-refractivity contribution in [1.82, 2.24) is 10.3 Å². The largest absolute Gasteiger partial charge is 0.361 e. The van der Waals surface area contributed by atoms with Gasteiger partial charge >= 0.3 is 0 Å². The molecule has 1 fully saturated rings. The van der Waals surface area contributed by atoms with Crippen molar-refractivity contribution in [2.45, 2.75) is 18.8 Å². The Balaban J connectivity index is 1.95. The van der Waals surface area contributed by atoms with E-state index in [0.29, 0.717) is 5.92 Å². The van der Waals surface area contributed by atoms with Crippen LogP contribution in [0.3, 0.4) is 0 Å². The van der Waals surface area contributed by atoms with Crippen LogP contribution in [0.5, 0.6) is 0 Å². The molecule has 0 unspecified atom stereocenters. The van der Waals surface area contributed by atoms with Gasteiger partial charge in [0.25, 0.3) is 0 Å². The van der Waals surface area contributed by atoms with Crippen LogP contribution in [0, 0.1) is 0 Å². The van der Waals surface area contributed by atoms with Crippen molar-refractivity contribution in [2.75, 3.05) is 13.1 Å². The summed E-state index contributed by atoms with van der Waals surface area (Å²) in [6.45, 7) is 2.32. The van der Waals surface area contributed by atoms with Crippen molar-refractivity contribution in [3.05, 3.63) is 36.0 Å². The molecule has 2 N–H and O–H groups in total. The third-order valence-corrected chi connectivity index (χ3v) is 3.35. The van der Waals surface area contributed by atoms with E-state index in [9.17, 15) is 0 Å². The molecule has 1 saturated heterocycles. The van der Waals surface area contributed by atoms with Gasteiger partial charge in [-0.1, -0.05) is 6.07 Å². The number of nitrogens with one attached hydrogen (secondary N) is 2. The first-order chi connectivity index (χ1) is 7.43. The fourth-order valence-electron chi connectivity index (χ4n) is 2.46. The maximum Gasteiger partial charge on any atom is 0.0454 e. The zero-order valence-corrected chi connectivity index (χ0v) is 8.79. The number of hydrogen-bond acceptors (Lipinski definition) is 1. The lowest BCUT2D eigenvalue weighted by atomic mass is 9.91. The Kier molecular flexibility index (Phi) is 2.22. The van der Waals surface area contributed by atoms with E-state index >= 15 is 0 Å². The van der Waals surface area contributed by atoms with Crippen molar-refractivity contribution >= 4 is 10.9 Å². The minimum absolute atomic E-state index is 0.707. The molecule has 0 aliphatic carbocycles. The average molecular weight is 200 g/mol. The number of piperidine rings is 1. The van der Waals surface area contributed by atoms with Crippen LogP contribution in [-0.2, 0) is 0 Å². The second-order valence-corrected chi connectivity index (χ2v) is 4.37.